The van der Waals surface area contributed by atoms with E-state index in [0.29, 0.717) is 12.1 Å². The summed E-state index contributed by atoms with van der Waals surface area (Å²) in [6.45, 7) is 4.61. The molecule has 0 saturated heterocycles. The van der Waals surface area contributed by atoms with E-state index in [1.54, 1.807) is 0 Å². The first-order chi connectivity index (χ1) is 7.65. The van der Waals surface area contributed by atoms with Crippen LogP contribution in [0.4, 0.5) is 0 Å². The molecule has 0 amide bonds. The third kappa shape index (κ3) is 4.97. The standard InChI is InChI=1S/C13H25NO2/c1-3-4-5-6-7-11(2)14(10-13(15)16)12-8-9-12/h11-12H,3-10H2,1-2H3,(H,15,16). The van der Waals surface area contributed by atoms with Crippen LogP contribution in [0.15, 0.2) is 0 Å². The number of carbonyl (C=O) groups is 1. The number of carboxylic acids is 1. The van der Waals surface area contributed by atoms with Gasteiger partial charge in [-0.25, -0.2) is 0 Å². The quantitative estimate of drug-likeness (QED) is 0.616. The summed E-state index contributed by atoms with van der Waals surface area (Å²) in [6, 6.07) is 0.984. The average molecular weight is 227 g/mol. The summed E-state index contributed by atoms with van der Waals surface area (Å²) in [5, 5.41) is 8.88. The molecule has 1 saturated carbocycles. The largest absolute Gasteiger partial charge is 0.480 e. The fraction of sp³-hybridized carbons (Fsp3) is 0.923. The van der Waals surface area contributed by atoms with Crippen LogP contribution in [0, 0.1) is 0 Å². The molecule has 1 N–H and O–H groups in total. The highest BCUT2D eigenvalue weighted by molar-refractivity contribution is 5.69. The van der Waals surface area contributed by atoms with Gasteiger partial charge in [0.05, 0.1) is 6.54 Å². The second-order valence-corrected chi connectivity index (χ2v) is 5.00. The second kappa shape index (κ2) is 6.89. The van der Waals surface area contributed by atoms with Gasteiger partial charge >= 0.3 is 5.97 Å². The highest BCUT2D eigenvalue weighted by Crippen LogP contribution is 2.29. The summed E-state index contributed by atoms with van der Waals surface area (Å²) in [4.78, 5) is 13.0. The Kier molecular flexibility index (Phi) is 5.81. The molecule has 3 heteroatoms. The van der Waals surface area contributed by atoms with Crippen molar-refractivity contribution in [3.8, 4) is 0 Å². The molecular formula is C13H25NO2. The van der Waals surface area contributed by atoms with Crippen molar-refractivity contribution < 1.29 is 9.90 Å². The molecule has 0 spiro atoms. The van der Waals surface area contributed by atoms with E-state index in [0.717, 1.165) is 6.42 Å². The molecule has 1 aliphatic rings. The molecule has 16 heavy (non-hydrogen) atoms. The van der Waals surface area contributed by atoms with Crippen molar-refractivity contribution >= 4 is 5.97 Å². The lowest BCUT2D eigenvalue weighted by Crippen LogP contribution is -2.39. The molecule has 0 heterocycles. The second-order valence-electron chi connectivity index (χ2n) is 5.00. The van der Waals surface area contributed by atoms with Crippen molar-refractivity contribution in [3.63, 3.8) is 0 Å². The minimum Gasteiger partial charge on any atom is -0.480 e. The topological polar surface area (TPSA) is 40.5 Å². The summed E-state index contributed by atoms with van der Waals surface area (Å²) in [5.74, 6) is -0.688. The van der Waals surface area contributed by atoms with Gasteiger partial charge in [-0.15, -0.1) is 0 Å². The van der Waals surface area contributed by atoms with Crippen molar-refractivity contribution in [2.24, 2.45) is 0 Å². The zero-order valence-corrected chi connectivity index (χ0v) is 10.6. The van der Waals surface area contributed by atoms with E-state index in [1.165, 1.54) is 38.5 Å². The Hall–Kier alpha value is -0.570. The van der Waals surface area contributed by atoms with Gasteiger partial charge in [0.1, 0.15) is 0 Å². The first-order valence-corrected chi connectivity index (χ1v) is 6.62. The number of hydrogen-bond donors (Lipinski definition) is 1. The molecule has 3 nitrogen and oxygen atoms in total. The minimum absolute atomic E-state index is 0.222. The number of hydrogen-bond acceptors (Lipinski definition) is 2. The van der Waals surface area contributed by atoms with Crippen LogP contribution in [0.3, 0.4) is 0 Å². The van der Waals surface area contributed by atoms with Gasteiger partial charge in [-0.1, -0.05) is 32.6 Å². The van der Waals surface area contributed by atoms with E-state index >= 15 is 0 Å². The fourth-order valence-electron chi connectivity index (χ4n) is 2.24. The Balaban J connectivity index is 2.24. The molecule has 1 rings (SSSR count). The van der Waals surface area contributed by atoms with E-state index in [2.05, 4.69) is 18.7 Å². The van der Waals surface area contributed by atoms with Crippen molar-refractivity contribution in [1.29, 1.82) is 0 Å². The third-order valence-electron chi connectivity index (χ3n) is 3.38. The van der Waals surface area contributed by atoms with Gasteiger partial charge in [-0.2, -0.15) is 0 Å². The summed E-state index contributed by atoms with van der Waals surface area (Å²) >= 11 is 0. The summed E-state index contributed by atoms with van der Waals surface area (Å²) in [5.41, 5.74) is 0. The van der Waals surface area contributed by atoms with Crippen LogP contribution in [0.2, 0.25) is 0 Å². The monoisotopic (exact) mass is 227 g/mol. The first-order valence-electron chi connectivity index (χ1n) is 6.62. The van der Waals surface area contributed by atoms with E-state index < -0.39 is 5.97 Å². The van der Waals surface area contributed by atoms with E-state index in [1.807, 2.05) is 0 Å². The number of unbranched alkanes of at least 4 members (excludes halogenated alkanes) is 3. The number of carboxylic acid groups (broad SMARTS) is 1. The van der Waals surface area contributed by atoms with Crippen molar-refractivity contribution in [1.82, 2.24) is 4.90 Å². The molecular weight excluding hydrogens is 202 g/mol. The molecule has 1 aliphatic carbocycles. The van der Waals surface area contributed by atoms with Crippen LogP contribution in [-0.2, 0) is 4.79 Å². The highest BCUT2D eigenvalue weighted by Gasteiger charge is 2.32. The molecule has 94 valence electrons. The lowest BCUT2D eigenvalue weighted by molar-refractivity contribution is -0.139. The van der Waals surface area contributed by atoms with Gasteiger partial charge in [-0.3, -0.25) is 9.69 Å². The van der Waals surface area contributed by atoms with E-state index in [-0.39, 0.29) is 6.54 Å². The number of rotatable bonds is 9. The van der Waals surface area contributed by atoms with Crippen molar-refractivity contribution in [2.75, 3.05) is 6.54 Å². The first kappa shape index (κ1) is 13.5. The Morgan fingerprint density at radius 3 is 2.56 bits per heavy atom. The Morgan fingerprint density at radius 1 is 1.38 bits per heavy atom. The fourth-order valence-corrected chi connectivity index (χ4v) is 2.24. The SMILES string of the molecule is CCCCCCC(C)N(CC(=O)O)C1CC1. The van der Waals surface area contributed by atoms with Gasteiger partial charge in [0.15, 0.2) is 0 Å². The molecule has 1 atom stereocenters. The predicted molar refractivity (Wildman–Crippen MR) is 65.6 cm³/mol. The Bertz CT molecular complexity index is 214. The van der Waals surface area contributed by atoms with Crippen LogP contribution >= 0.6 is 0 Å². The zero-order valence-electron chi connectivity index (χ0n) is 10.6. The van der Waals surface area contributed by atoms with Crippen LogP contribution in [0.1, 0.15) is 58.8 Å². The van der Waals surface area contributed by atoms with Gasteiger partial charge in [0.2, 0.25) is 0 Å². The lowest BCUT2D eigenvalue weighted by Gasteiger charge is -2.27. The zero-order chi connectivity index (χ0) is 12.0. The van der Waals surface area contributed by atoms with Crippen LogP contribution < -0.4 is 0 Å². The van der Waals surface area contributed by atoms with E-state index in [4.69, 9.17) is 5.11 Å². The normalized spacial score (nSPS) is 17.7. The maximum atomic E-state index is 10.8. The average Bonchev–Trinajstić information content (AvgIpc) is 3.04. The summed E-state index contributed by atoms with van der Waals surface area (Å²) in [7, 11) is 0. The van der Waals surface area contributed by atoms with Crippen molar-refractivity contribution in [2.45, 2.75) is 70.9 Å². The van der Waals surface area contributed by atoms with Gasteiger partial charge in [0, 0.05) is 12.1 Å². The molecule has 0 bridgehead atoms. The van der Waals surface area contributed by atoms with E-state index in [9.17, 15) is 4.79 Å². The summed E-state index contributed by atoms with van der Waals surface area (Å²) in [6.07, 6.45) is 8.60. The van der Waals surface area contributed by atoms with Gasteiger partial charge < -0.3 is 5.11 Å². The highest BCUT2D eigenvalue weighted by atomic mass is 16.4. The Labute approximate surface area is 98.8 Å². The van der Waals surface area contributed by atoms with Crippen molar-refractivity contribution in [3.05, 3.63) is 0 Å². The molecule has 0 aromatic heterocycles. The molecule has 1 fully saturated rings. The van der Waals surface area contributed by atoms with Gasteiger partial charge in [0.25, 0.3) is 0 Å². The Morgan fingerprint density at radius 2 is 2.06 bits per heavy atom. The van der Waals surface area contributed by atoms with Gasteiger partial charge in [-0.05, 0) is 26.2 Å². The number of aliphatic carboxylic acids is 1. The van der Waals surface area contributed by atoms with Crippen LogP contribution in [0.5, 0.6) is 0 Å². The minimum atomic E-state index is -0.688. The maximum Gasteiger partial charge on any atom is 0.317 e. The molecule has 0 aromatic carbocycles. The third-order valence-corrected chi connectivity index (χ3v) is 3.38. The molecule has 0 aromatic rings. The molecule has 0 radical (unpaired) electrons. The number of nitrogens with zero attached hydrogens (tertiary/aromatic N) is 1. The molecule has 1 unspecified atom stereocenters. The van der Waals surface area contributed by atoms with Crippen LogP contribution in [-0.4, -0.2) is 34.6 Å². The molecule has 0 aliphatic heterocycles. The maximum absolute atomic E-state index is 10.8. The predicted octanol–water partition coefficient (Wildman–Crippen LogP) is 2.89. The lowest BCUT2D eigenvalue weighted by atomic mass is 10.1. The summed E-state index contributed by atoms with van der Waals surface area (Å²) < 4.78 is 0. The van der Waals surface area contributed by atoms with Crippen LogP contribution in [0.25, 0.3) is 0 Å². The smallest absolute Gasteiger partial charge is 0.317 e.